The summed E-state index contributed by atoms with van der Waals surface area (Å²) in [5.74, 6) is -0.744. The molecule has 112 valence electrons. The molecule has 2 atom stereocenters. The van der Waals surface area contributed by atoms with Gasteiger partial charge in [-0.2, -0.15) is 0 Å². The number of carboxylic acids is 1. The molecule has 0 radical (unpaired) electrons. The van der Waals surface area contributed by atoms with Crippen LogP contribution in [0.2, 0.25) is 0 Å². The second-order valence-corrected chi connectivity index (χ2v) is 5.52. The number of fused-ring (bicyclic) bond motifs is 1. The molecule has 2 rings (SSSR count). The van der Waals surface area contributed by atoms with Crippen LogP contribution in [0.15, 0.2) is 42.5 Å². The molecule has 3 heteroatoms. The average Bonchev–Trinajstić information content (AvgIpc) is 2.46. The second-order valence-electron chi connectivity index (χ2n) is 5.52. The second kappa shape index (κ2) is 6.72. The molecule has 0 fully saturated rings. The first-order valence-electron chi connectivity index (χ1n) is 7.49. The van der Waals surface area contributed by atoms with Gasteiger partial charge in [0.05, 0.1) is 6.42 Å². The van der Waals surface area contributed by atoms with Crippen LogP contribution in [-0.4, -0.2) is 28.6 Å². The Morgan fingerprint density at radius 1 is 1.14 bits per heavy atom. The number of rotatable bonds is 6. The Balaban J connectivity index is 2.35. The Kier molecular flexibility index (Phi) is 4.97. The van der Waals surface area contributed by atoms with E-state index in [1.807, 2.05) is 13.0 Å². The number of aliphatic carboxylic acids is 1. The smallest absolute Gasteiger partial charge is 0.304 e. The molecule has 0 aromatic heterocycles. The van der Waals surface area contributed by atoms with E-state index in [1.165, 1.54) is 16.3 Å². The summed E-state index contributed by atoms with van der Waals surface area (Å²) in [7, 11) is 0. The van der Waals surface area contributed by atoms with Crippen LogP contribution in [0.5, 0.6) is 0 Å². The SMILES string of the molecule is CCN(C(C)CC(=O)O)C(C)c1cccc2ccccc12. The van der Waals surface area contributed by atoms with Gasteiger partial charge in [-0.3, -0.25) is 9.69 Å². The van der Waals surface area contributed by atoms with Crippen molar-refractivity contribution in [1.82, 2.24) is 4.90 Å². The number of hydrogen-bond acceptors (Lipinski definition) is 2. The standard InChI is InChI=1S/C18H23NO2/c1-4-19(13(2)12-18(20)21)14(3)16-11-7-9-15-8-5-6-10-17(15)16/h5-11,13-14H,4,12H2,1-3H3,(H,20,21). The Bertz CT molecular complexity index is 618. The predicted molar refractivity (Wildman–Crippen MR) is 86.5 cm³/mol. The molecule has 0 heterocycles. The van der Waals surface area contributed by atoms with Crippen LogP contribution in [0.3, 0.4) is 0 Å². The Hall–Kier alpha value is -1.87. The zero-order valence-electron chi connectivity index (χ0n) is 12.9. The lowest BCUT2D eigenvalue weighted by Crippen LogP contribution is -2.36. The average molecular weight is 285 g/mol. The molecule has 0 amide bonds. The van der Waals surface area contributed by atoms with E-state index in [1.54, 1.807) is 0 Å². The molecule has 1 N–H and O–H groups in total. The largest absolute Gasteiger partial charge is 0.481 e. The third kappa shape index (κ3) is 3.42. The van der Waals surface area contributed by atoms with Crippen LogP contribution >= 0.6 is 0 Å². The summed E-state index contributed by atoms with van der Waals surface area (Å²) >= 11 is 0. The van der Waals surface area contributed by atoms with E-state index < -0.39 is 5.97 Å². The van der Waals surface area contributed by atoms with Crippen molar-refractivity contribution in [3.05, 3.63) is 48.0 Å². The summed E-state index contributed by atoms with van der Waals surface area (Å²) in [6.45, 7) is 7.06. The van der Waals surface area contributed by atoms with Crippen molar-refractivity contribution in [2.24, 2.45) is 0 Å². The van der Waals surface area contributed by atoms with Crippen LogP contribution in [0.1, 0.15) is 38.8 Å². The molecule has 0 saturated carbocycles. The number of hydrogen-bond donors (Lipinski definition) is 1. The highest BCUT2D eigenvalue weighted by Crippen LogP contribution is 2.29. The minimum Gasteiger partial charge on any atom is -0.481 e. The zero-order valence-corrected chi connectivity index (χ0v) is 12.9. The van der Waals surface area contributed by atoms with Crippen LogP contribution in [0.25, 0.3) is 10.8 Å². The third-order valence-corrected chi connectivity index (χ3v) is 4.17. The lowest BCUT2D eigenvalue weighted by Gasteiger charge is -2.33. The van der Waals surface area contributed by atoms with Gasteiger partial charge in [-0.05, 0) is 36.7 Å². The summed E-state index contributed by atoms with van der Waals surface area (Å²) < 4.78 is 0. The van der Waals surface area contributed by atoms with Gasteiger partial charge in [0.15, 0.2) is 0 Å². The van der Waals surface area contributed by atoms with Crippen molar-refractivity contribution < 1.29 is 9.90 Å². The summed E-state index contributed by atoms with van der Waals surface area (Å²) in [6, 6.07) is 14.9. The Morgan fingerprint density at radius 3 is 2.48 bits per heavy atom. The molecule has 0 saturated heterocycles. The van der Waals surface area contributed by atoms with Gasteiger partial charge >= 0.3 is 5.97 Å². The van der Waals surface area contributed by atoms with E-state index in [0.717, 1.165) is 6.54 Å². The van der Waals surface area contributed by atoms with E-state index in [9.17, 15) is 4.79 Å². The zero-order chi connectivity index (χ0) is 15.4. The fourth-order valence-electron chi connectivity index (χ4n) is 3.13. The molecule has 0 aliphatic heterocycles. The van der Waals surface area contributed by atoms with E-state index in [2.05, 4.69) is 55.1 Å². The first-order valence-corrected chi connectivity index (χ1v) is 7.49. The predicted octanol–water partition coefficient (Wildman–Crippen LogP) is 4.09. The van der Waals surface area contributed by atoms with Gasteiger partial charge < -0.3 is 5.11 Å². The van der Waals surface area contributed by atoms with Crippen molar-refractivity contribution in [1.29, 1.82) is 0 Å². The monoisotopic (exact) mass is 285 g/mol. The van der Waals surface area contributed by atoms with E-state index in [-0.39, 0.29) is 18.5 Å². The first-order chi connectivity index (χ1) is 10.0. The highest BCUT2D eigenvalue weighted by atomic mass is 16.4. The lowest BCUT2D eigenvalue weighted by molar-refractivity contribution is -0.138. The molecular weight excluding hydrogens is 262 g/mol. The molecule has 2 aromatic rings. The van der Waals surface area contributed by atoms with E-state index in [0.29, 0.717) is 0 Å². The van der Waals surface area contributed by atoms with Gasteiger partial charge in [0.2, 0.25) is 0 Å². The Morgan fingerprint density at radius 2 is 1.81 bits per heavy atom. The fraction of sp³-hybridized carbons (Fsp3) is 0.389. The summed E-state index contributed by atoms with van der Waals surface area (Å²) in [4.78, 5) is 13.2. The number of nitrogens with zero attached hydrogens (tertiary/aromatic N) is 1. The van der Waals surface area contributed by atoms with Crippen molar-refractivity contribution in [2.75, 3.05) is 6.54 Å². The van der Waals surface area contributed by atoms with Crippen molar-refractivity contribution in [2.45, 2.75) is 39.3 Å². The number of benzene rings is 2. The van der Waals surface area contributed by atoms with Crippen molar-refractivity contribution in [3.8, 4) is 0 Å². The molecule has 0 aliphatic carbocycles. The molecule has 2 aromatic carbocycles. The van der Waals surface area contributed by atoms with Crippen LogP contribution < -0.4 is 0 Å². The maximum absolute atomic E-state index is 11.0. The molecule has 0 spiro atoms. The molecule has 3 nitrogen and oxygen atoms in total. The van der Waals surface area contributed by atoms with Gasteiger partial charge in [-0.1, -0.05) is 49.4 Å². The number of carbonyl (C=O) groups is 1. The van der Waals surface area contributed by atoms with Gasteiger partial charge in [-0.15, -0.1) is 0 Å². The molecule has 0 bridgehead atoms. The van der Waals surface area contributed by atoms with Gasteiger partial charge in [-0.25, -0.2) is 0 Å². The Labute approximate surface area is 126 Å². The van der Waals surface area contributed by atoms with Crippen molar-refractivity contribution in [3.63, 3.8) is 0 Å². The van der Waals surface area contributed by atoms with Gasteiger partial charge in [0.1, 0.15) is 0 Å². The number of carboxylic acid groups (broad SMARTS) is 1. The highest BCUT2D eigenvalue weighted by molar-refractivity contribution is 5.86. The quantitative estimate of drug-likeness (QED) is 0.869. The topological polar surface area (TPSA) is 40.5 Å². The molecule has 21 heavy (non-hydrogen) atoms. The van der Waals surface area contributed by atoms with Crippen LogP contribution in [0.4, 0.5) is 0 Å². The minimum atomic E-state index is -0.744. The minimum absolute atomic E-state index is 0.0152. The molecule has 2 unspecified atom stereocenters. The van der Waals surface area contributed by atoms with Gasteiger partial charge in [0.25, 0.3) is 0 Å². The maximum atomic E-state index is 11.0. The summed E-state index contributed by atoms with van der Waals surface area (Å²) in [5.41, 5.74) is 1.26. The van der Waals surface area contributed by atoms with E-state index >= 15 is 0 Å². The highest BCUT2D eigenvalue weighted by Gasteiger charge is 2.22. The fourth-order valence-corrected chi connectivity index (χ4v) is 3.13. The third-order valence-electron chi connectivity index (χ3n) is 4.17. The summed E-state index contributed by atoms with van der Waals surface area (Å²) in [6.07, 6.45) is 0.170. The van der Waals surface area contributed by atoms with Crippen LogP contribution in [0, 0.1) is 0 Å². The van der Waals surface area contributed by atoms with Gasteiger partial charge in [0, 0.05) is 12.1 Å². The van der Waals surface area contributed by atoms with Crippen molar-refractivity contribution >= 4 is 16.7 Å². The lowest BCUT2D eigenvalue weighted by atomic mass is 9.97. The van der Waals surface area contributed by atoms with Crippen LogP contribution in [-0.2, 0) is 4.79 Å². The maximum Gasteiger partial charge on any atom is 0.304 e. The first kappa shape index (κ1) is 15.5. The summed E-state index contributed by atoms with van der Waals surface area (Å²) in [5, 5.41) is 11.5. The molecule has 0 aliphatic rings. The van der Waals surface area contributed by atoms with E-state index in [4.69, 9.17) is 5.11 Å². The normalized spacial score (nSPS) is 14.3. The molecular formula is C18H23NO2.